The molecule has 0 aliphatic rings. The lowest BCUT2D eigenvalue weighted by atomic mass is 10.1. The molecule has 1 atom stereocenters. The van der Waals surface area contributed by atoms with Gasteiger partial charge in [0.1, 0.15) is 0 Å². The smallest absolute Gasteiger partial charge is 0.226 e. The summed E-state index contributed by atoms with van der Waals surface area (Å²) in [5.74, 6) is -0.167. The number of pyridine rings is 1. The van der Waals surface area contributed by atoms with Gasteiger partial charge in [-0.2, -0.15) is 0 Å². The van der Waals surface area contributed by atoms with E-state index in [1.54, 1.807) is 19.1 Å². The van der Waals surface area contributed by atoms with Gasteiger partial charge in [0.2, 0.25) is 5.91 Å². The summed E-state index contributed by atoms with van der Waals surface area (Å²) >= 11 is 6.07. The summed E-state index contributed by atoms with van der Waals surface area (Å²) in [7, 11) is 0. The molecule has 1 unspecified atom stereocenters. The summed E-state index contributed by atoms with van der Waals surface area (Å²) in [6.07, 6.45) is -0.378. The number of nitrogens with one attached hydrogen (secondary N) is 1. The van der Waals surface area contributed by atoms with E-state index in [1.165, 1.54) is 0 Å². The Hall–Kier alpha value is -1.65. The van der Waals surface area contributed by atoms with Crippen molar-refractivity contribution in [2.75, 3.05) is 6.54 Å². The molecule has 100 valence electrons. The Labute approximate surface area is 116 Å². The third kappa shape index (κ3) is 3.66. The predicted molar refractivity (Wildman–Crippen MR) is 75.1 cm³/mol. The number of carbonyl (C=O) groups is 1. The van der Waals surface area contributed by atoms with Crippen LogP contribution < -0.4 is 5.32 Å². The van der Waals surface area contributed by atoms with Crippen molar-refractivity contribution in [1.29, 1.82) is 0 Å². The van der Waals surface area contributed by atoms with Crippen molar-refractivity contribution in [2.45, 2.75) is 19.4 Å². The molecule has 0 saturated heterocycles. The van der Waals surface area contributed by atoms with Crippen molar-refractivity contribution >= 4 is 28.4 Å². The molecule has 2 N–H and O–H groups in total. The number of rotatable bonds is 4. The Morgan fingerprint density at radius 1 is 1.42 bits per heavy atom. The van der Waals surface area contributed by atoms with Crippen molar-refractivity contribution in [1.82, 2.24) is 10.3 Å². The number of carbonyl (C=O) groups excluding carboxylic acids is 1. The number of aromatic nitrogens is 1. The largest absolute Gasteiger partial charge is 0.392 e. The van der Waals surface area contributed by atoms with Crippen LogP contribution in [0.5, 0.6) is 0 Å². The van der Waals surface area contributed by atoms with Gasteiger partial charge >= 0.3 is 0 Å². The van der Waals surface area contributed by atoms with Crippen LogP contribution in [0, 0.1) is 0 Å². The second kappa shape index (κ2) is 5.99. The molecule has 4 nitrogen and oxygen atoms in total. The van der Waals surface area contributed by atoms with Gasteiger partial charge in [0.15, 0.2) is 0 Å². The first-order chi connectivity index (χ1) is 9.06. The molecule has 1 amide bonds. The number of benzene rings is 1. The van der Waals surface area contributed by atoms with Crippen molar-refractivity contribution in [3.63, 3.8) is 0 Å². The van der Waals surface area contributed by atoms with Crippen LogP contribution in [0.25, 0.3) is 10.9 Å². The summed E-state index contributed by atoms with van der Waals surface area (Å²) in [6.45, 7) is 1.86. The zero-order valence-electron chi connectivity index (χ0n) is 10.6. The van der Waals surface area contributed by atoms with Crippen molar-refractivity contribution in [3.05, 3.63) is 41.0 Å². The first kappa shape index (κ1) is 13.8. The molecule has 5 heteroatoms. The number of hydrogen-bond donors (Lipinski definition) is 2. The first-order valence-corrected chi connectivity index (χ1v) is 6.43. The molecule has 0 saturated carbocycles. The van der Waals surface area contributed by atoms with E-state index >= 15 is 0 Å². The third-order valence-electron chi connectivity index (χ3n) is 2.67. The highest BCUT2D eigenvalue weighted by Gasteiger charge is 2.07. The fourth-order valence-electron chi connectivity index (χ4n) is 1.74. The van der Waals surface area contributed by atoms with Crippen LogP contribution >= 0.6 is 11.6 Å². The molecule has 1 heterocycles. The van der Waals surface area contributed by atoms with Gasteiger partial charge in [-0.25, -0.2) is 0 Å². The van der Waals surface area contributed by atoms with Gasteiger partial charge in [0.05, 0.1) is 28.8 Å². The maximum Gasteiger partial charge on any atom is 0.226 e. The summed E-state index contributed by atoms with van der Waals surface area (Å²) in [4.78, 5) is 16.0. The van der Waals surface area contributed by atoms with Gasteiger partial charge < -0.3 is 10.4 Å². The Balaban J connectivity index is 2.13. The monoisotopic (exact) mass is 278 g/mol. The van der Waals surface area contributed by atoms with Crippen LogP contribution in [0.15, 0.2) is 30.3 Å². The molecular formula is C14H15ClN2O2. The summed E-state index contributed by atoms with van der Waals surface area (Å²) in [6, 6.07) is 9.26. The third-order valence-corrected chi connectivity index (χ3v) is 2.97. The number of hydrogen-bond acceptors (Lipinski definition) is 3. The zero-order chi connectivity index (χ0) is 13.8. The van der Waals surface area contributed by atoms with Gasteiger partial charge in [-0.3, -0.25) is 9.78 Å². The van der Waals surface area contributed by atoms with Gasteiger partial charge in [0.25, 0.3) is 0 Å². The summed E-state index contributed by atoms with van der Waals surface area (Å²) < 4.78 is 0. The molecule has 19 heavy (non-hydrogen) atoms. The molecule has 2 aromatic rings. The van der Waals surface area contributed by atoms with E-state index in [1.807, 2.05) is 18.2 Å². The Bertz CT molecular complexity index is 599. The fourth-order valence-corrected chi connectivity index (χ4v) is 1.96. The van der Waals surface area contributed by atoms with E-state index in [2.05, 4.69) is 10.3 Å². The average molecular weight is 279 g/mol. The summed E-state index contributed by atoms with van der Waals surface area (Å²) in [5.41, 5.74) is 1.36. The van der Waals surface area contributed by atoms with Crippen LogP contribution in [0.2, 0.25) is 5.02 Å². The SMILES string of the molecule is CC(O)CNC(=O)Cc1ccc2cccc(Cl)c2n1. The summed E-state index contributed by atoms with van der Waals surface area (Å²) in [5, 5.41) is 13.2. The maximum atomic E-state index is 11.6. The number of fused-ring (bicyclic) bond motifs is 1. The van der Waals surface area contributed by atoms with Crippen LogP contribution in [0.4, 0.5) is 0 Å². The van der Waals surface area contributed by atoms with Crippen molar-refractivity contribution in [3.8, 4) is 0 Å². The molecule has 2 rings (SSSR count). The molecule has 1 aromatic carbocycles. The van der Waals surface area contributed by atoms with Crippen LogP contribution in [0.1, 0.15) is 12.6 Å². The van der Waals surface area contributed by atoms with E-state index < -0.39 is 6.10 Å². The minimum absolute atomic E-state index is 0.167. The van der Waals surface area contributed by atoms with E-state index in [-0.39, 0.29) is 18.9 Å². The minimum Gasteiger partial charge on any atom is -0.392 e. The predicted octanol–water partition coefficient (Wildman–Crippen LogP) is 1.93. The average Bonchev–Trinajstić information content (AvgIpc) is 2.37. The highest BCUT2D eigenvalue weighted by atomic mass is 35.5. The topological polar surface area (TPSA) is 62.2 Å². The highest BCUT2D eigenvalue weighted by Crippen LogP contribution is 2.21. The zero-order valence-corrected chi connectivity index (χ0v) is 11.3. The van der Waals surface area contributed by atoms with E-state index in [0.29, 0.717) is 16.2 Å². The maximum absolute atomic E-state index is 11.6. The van der Waals surface area contributed by atoms with Gasteiger partial charge in [-0.05, 0) is 19.1 Å². The second-order valence-electron chi connectivity index (χ2n) is 4.44. The first-order valence-electron chi connectivity index (χ1n) is 6.05. The number of amides is 1. The standard InChI is InChI=1S/C14H15ClN2O2/c1-9(18)8-16-13(19)7-11-6-5-10-3-2-4-12(15)14(10)17-11/h2-6,9,18H,7-8H2,1H3,(H,16,19). The van der Waals surface area contributed by atoms with Gasteiger partial charge in [-0.15, -0.1) is 0 Å². The van der Waals surface area contributed by atoms with Crippen LogP contribution in [0.3, 0.4) is 0 Å². The Morgan fingerprint density at radius 2 is 2.21 bits per heavy atom. The number of halogens is 1. The van der Waals surface area contributed by atoms with Gasteiger partial charge in [-0.1, -0.05) is 29.8 Å². The number of aliphatic hydroxyl groups excluding tert-OH is 1. The lowest BCUT2D eigenvalue weighted by Crippen LogP contribution is -2.31. The van der Waals surface area contributed by atoms with E-state index in [4.69, 9.17) is 16.7 Å². The molecule has 0 radical (unpaired) electrons. The number of aliphatic hydroxyl groups is 1. The molecule has 0 spiro atoms. The molecule has 0 aliphatic heterocycles. The van der Waals surface area contributed by atoms with E-state index in [9.17, 15) is 4.79 Å². The minimum atomic E-state index is -0.553. The highest BCUT2D eigenvalue weighted by molar-refractivity contribution is 6.35. The normalized spacial score (nSPS) is 12.4. The number of nitrogens with zero attached hydrogens (tertiary/aromatic N) is 1. The van der Waals surface area contributed by atoms with Crippen molar-refractivity contribution in [2.24, 2.45) is 0 Å². The lowest BCUT2D eigenvalue weighted by molar-refractivity contribution is -0.120. The molecule has 0 aliphatic carbocycles. The van der Waals surface area contributed by atoms with Gasteiger partial charge in [0, 0.05) is 11.9 Å². The second-order valence-corrected chi connectivity index (χ2v) is 4.85. The molecule has 0 fully saturated rings. The lowest BCUT2D eigenvalue weighted by Gasteiger charge is -2.07. The van der Waals surface area contributed by atoms with Crippen molar-refractivity contribution < 1.29 is 9.90 Å². The Kier molecular flexibility index (Phi) is 4.35. The van der Waals surface area contributed by atoms with Crippen LogP contribution in [-0.2, 0) is 11.2 Å². The molecular weight excluding hydrogens is 264 g/mol. The molecule has 0 bridgehead atoms. The Morgan fingerprint density at radius 3 is 2.95 bits per heavy atom. The van der Waals surface area contributed by atoms with E-state index in [0.717, 1.165) is 5.39 Å². The number of para-hydroxylation sites is 1. The quantitative estimate of drug-likeness (QED) is 0.898. The fraction of sp³-hybridized carbons (Fsp3) is 0.286. The van der Waals surface area contributed by atoms with Crippen LogP contribution in [-0.4, -0.2) is 28.6 Å². The molecule has 1 aromatic heterocycles.